The zero-order chi connectivity index (χ0) is 12.3. The molecule has 3 heteroatoms. The van der Waals surface area contributed by atoms with Gasteiger partial charge in [0.15, 0.2) is 0 Å². The van der Waals surface area contributed by atoms with E-state index in [0.717, 1.165) is 11.3 Å². The summed E-state index contributed by atoms with van der Waals surface area (Å²) in [6.45, 7) is 4.52. The molecular formula is C14H17NO2. The fourth-order valence-corrected chi connectivity index (χ4v) is 2.01. The van der Waals surface area contributed by atoms with Gasteiger partial charge in [-0.15, -0.1) is 0 Å². The Morgan fingerprint density at radius 1 is 1.35 bits per heavy atom. The van der Waals surface area contributed by atoms with Crippen molar-refractivity contribution in [1.82, 2.24) is 5.32 Å². The third-order valence-corrected chi connectivity index (χ3v) is 3.02. The molecule has 17 heavy (non-hydrogen) atoms. The summed E-state index contributed by atoms with van der Waals surface area (Å²) in [6, 6.07) is 10.4. The van der Waals surface area contributed by atoms with Crippen molar-refractivity contribution in [2.24, 2.45) is 0 Å². The summed E-state index contributed by atoms with van der Waals surface area (Å²) in [5, 5.41) is 3.35. The quantitative estimate of drug-likeness (QED) is 0.641. The van der Waals surface area contributed by atoms with Crippen LogP contribution in [0.25, 0.3) is 0 Å². The van der Waals surface area contributed by atoms with Crippen LogP contribution in [0.2, 0.25) is 0 Å². The standard InChI is InChI=1S/C14H17NO2/c1-10(12-6-4-3-5-7-12)15-11(2)13-8-9-17-14(13)16/h3-7,10,15H,8-9H2,1-2H3/b13-11+. The van der Waals surface area contributed by atoms with E-state index < -0.39 is 0 Å². The first-order valence-electron chi connectivity index (χ1n) is 5.87. The Kier molecular flexibility index (Phi) is 3.47. The minimum Gasteiger partial charge on any atom is -0.462 e. The van der Waals surface area contributed by atoms with Crippen molar-refractivity contribution in [3.05, 3.63) is 47.2 Å². The molecule has 1 fully saturated rings. The number of carbonyl (C=O) groups is 1. The van der Waals surface area contributed by atoms with Gasteiger partial charge < -0.3 is 10.1 Å². The second-order valence-corrected chi connectivity index (χ2v) is 4.27. The van der Waals surface area contributed by atoms with E-state index in [1.165, 1.54) is 5.56 Å². The average Bonchev–Trinajstić information content (AvgIpc) is 2.76. The van der Waals surface area contributed by atoms with Crippen molar-refractivity contribution in [1.29, 1.82) is 0 Å². The van der Waals surface area contributed by atoms with Gasteiger partial charge in [-0.2, -0.15) is 0 Å². The van der Waals surface area contributed by atoms with E-state index in [9.17, 15) is 4.79 Å². The van der Waals surface area contributed by atoms with Gasteiger partial charge in [-0.1, -0.05) is 30.3 Å². The lowest BCUT2D eigenvalue weighted by Gasteiger charge is -2.16. The number of allylic oxidation sites excluding steroid dienone is 1. The van der Waals surface area contributed by atoms with Gasteiger partial charge in [0.25, 0.3) is 0 Å². The molecule has 1 aliphatic rings. The molecule has 0 spiro atoms. The van der Waals surface area contributed by atoms with E-state index in [-0.39, 0.29) is 12.0 Å². The SMILES string of the molecule is C/C(NC(C)c1ccccc1)=C1/CCOC1=O. The zero-order valence-electron chi connectivity index (χ0n) is 10.2. The molecule has 1 aromatic rings. The van der Waals surface area contributed by atoms with Gasteiger partial charge in [0, 0.05) is 18.2 Å². The summed E-state index contributed by atoms with van der Waals surface area (Å²) >= 11 is 0. The van der Waals surface area contributed by atoms with Crippen LogP contribution in [0.3, 0.4) is 0 Å². The predicted molar refractivity (Wildman–Crippen MR) is 66.3 cm³/mol. The van der Waals surface area contributed by atoms with Gasteiger partial charge in [-0.25, -0.2) is 4.79 Å². The maximum absolute atomic E-state index is 11.4. The summed E-state index contributed by atoms with van der Waals surface area (Å²) in [7, 11) is 0. The second-order valence-electron chi connectivity index (χ2n) is 4.27. The molecule has 1 unspecified atom stereocenters. The normalized spacial score (nSPS) is 19.8. The van der Waals surface area contributed by atoms with E-state index in [4.69, 9.17) is 4.74 Å². The Bertz CT molecular complexity index is 437. The topological polar surface area (TPSA) is 38.3 Å². The number of hydrogen-bond donors (Lipinski definition) is 1. The maximum Gasteiger partial charge on any atom is 0.335 e. The number of cyclic esters (lactones) is 1. The highest BCUT2D eigenvalue weighted by molar-refractivity contribution is 5.90. The van der Waals surface area contributed by atoms with Crippen LogP contribution in [0.15, 0.2) is 41.6 Å². The molecule has 0 radical (unpaired) electrons. The minimum absolute atomic E-state index is 0.185. The number of carbonyl (C=O) groups excluding carboxylic acids is 1. The first-order chi connectivity index (χ1) is 8.18. The summed E-state index contributed by atoms with van der Waals surface area (Å²) in [4.78, 5) is 11.4. The zero-order valence-corrected chi connectivity index (χ0v) is 10.2. The molecule has 0 amide bonds. The Hall–Kier alpha value is -1.77. The fraction of sp³-hybridized carbons (Fsp3) is 0.357. The summed E-state index contributed by atoms with van der Waals surface area (Å²) in [5.74, 6) is -0.185. The van der Waals surface area contributed by atoms with E-state index >= 15 is 0 Å². The molecule has 90 valence electrons. The number of nitrogens with one attached hydrogen (secondary N) is 1. The molecule has 1 atom stereocenters. The smallest absolute Gasteiger partial charge is 0.335 e. The number of rotatable bonds is 3. The van der Waals surface area contributed by atoms with E-state index in [1.54, 1.807) is 0 Å². The molecular weight excluding hydrogens is 214 g/mol. The predicted octanol–water partition coefficient (Wildman–Crippen LogP) is 2.56. The van der Waals surface area contributed by atoms with Gasteiger partial charge in [0.1, 0.15) is 0 Å². The number of hydrogen-bond acceptors (Lipinski definition) is 3. The third-order valence-electron chi connectivity index (χ3n) is 3.02. The van der Waals surface area contributed by atoms with Crippen molar-refractivity contribution in [3.63, 3.8) is 0 Å². The van der Waals surface area contributed by atoms with E-state index in [2.05, 4.69) is 24.4 Å². The van der Waals surface area contributed by atoms with Gasteiger partial charge in [-0.05, 0) is 19.4 Å². The number of esters is 1. The van der Waals surface area contributed by atoms with Gasteiger partial charge in [-0.3, -0.25) is 0 Å². The van der Waals surface area contributed by atoms with Crippen molar-refractivity contribution < 1.29 is 9.53 Å². The van der Waals surface area contributed by atoms with Gasteiger partial charge in [0.05, 0.1) is 12.2 Å². The molecule has 1 aliphatic heterocycles. The maximum atomic E-state index is 11.4. The Balaban J connectivity index is 2.09. The lowest BCUT2D eigenvalue weighted by molar-refractivity contribution is -0.135. The fourth-order valence-electron chi connectivity index (χ4n) is 2.01. The Morgan fingerprint density at radius 2 is 2.06 bits per heavy atom. The Morgan fingerprint density at radius 3 is 2.65 bits per heavy atom. The lowest BCUT2D eigenvalue weighted by Crippen LogP contribution is -2.19. The van der Waals surface area contributed by atoms with Crippen LogP contribution in [0.4, 0.5) is 0 Å². The monoisotopic (exact) mass is 231 g/mol. The van der Waals surface area contributed by atoms with Crippen molar-refractivity contribution in [3.8, 4) is 0 Å². The van der Waals surface area contributed by atoms with Crippen LogP contribution < -0.4 is 5.32 Å². The van der Waals surface area contributed by atoms with Crippen LogP contribution >= 0.6 is 0 Å². The molecule has 1 N–H and O–H groups in total. The van der Waals surface area contributed by atoms with Crippen LogP contribution in [0, 0.1) is 0 Å². The molecule has 0 aliphatic carbocycles. The van der Waals surface area contributed by atoms with E-state index in [0.29, 0.717) is 13.0 Å². The molecule has 1 aromatic carbocycles. The van der Waals surface area contributed by atoms with Crippen LogP contribution in [0.5, 0.6) is 0 Å². The molecule has 2 rings (SSSR count). The molecule has 3 nitrogen and oxygen atoms in total. The molecule has 1 saturated heterocycles. The summed E-state index contributed by atoms with van der Waals surface area (Å²) in [5.41, 5.74) is 2.90. The van der Waals surface area contributed by atoms with Crippen molar-refractivity contribution in [2.45, 2.75) is 26.3 Å². The second kappa shape index (κ2) is 5.04. The minimum atomic E-state index is -0.185. The van der Waals surface area contributed by atoms with Crippen LogP contribution in [-0.2, 0) is 9.53 Å². The van der Waals surface area contributed by atoms with Gasteiger partial charge in [0.2, 0.25) is 0 Å². The highest BCUT2D eigenvalue weighted by atomic mass is 16.5. The Labute approximate surface area is 101 Å². The molecule has 0 aromatic heterocycles. The molecule has 0 saturated carbocycles. The average molecular weight is 231 g/mol. The number of benzene rings is 1. The molecule has 1 heterocycles. The number of ether oxygens (including phenoxy) is 1. The van der Waals surface area contributed by atoms with E-state index in [1.807, 2.05) is 25.1 Å². The first-order valence-corrected chi connectivity index (χ1v) is 5.87. The largest absolute Gasteiger partial charge is 0.462 e. The van der Waals surface area contributed by atoms with Crippen LogP contribution in [-0.4, -0.2) is 12.6 Å². The lowest BCUT2D eigenvalue weighted by atomic mass is 10.1. The highest BCUT2D eigenvalue weighted by Crippen LogP contribution is 2.19. The van der Waals surface area contributed by atoms with Gasteiger partial charge >= 0.3 is 5.97 Å². The van der Waals surface area contributed by atoms with Crippen molar-refractivity contribution in [2.75, 3.05) is 6.61 Å². The molecule has 0 bridgehead atoms. The third kappa shape index (κ3) is 2.67. The first kappa shape index (κ1) is 11.7. The summed E-state index contributed by atoms with van der Waals surface area (Å²) < 4.78 is 4.94. The van der Waals surface area contributed by atoms with Crippen molar-refractivity contribution >= 4 is 5.97 Å². The van der Waals surface area contributed by atoms with Crippen LogP contribution in [0.1, 0.15) is 31.9 Å². The summed E-state index contributed by atoms with van der Waals surface area (Å²) in [6.07, 6.45) is 0.708. The highest BCUT2D eigenvalue weighted by Gasteiger charge is 2.21.